The van der Waals surface area contributed by atoms with Crippen LogP contribution in [0.1, 0.15) is 39.2 Å². The average molecular weight is 481 g/mol. The Labute approximate surface area is 202 Å². The number of hydrogen-bond acceptors (Lipinski definition) is 4. The number of carbonyl (C=O) groups is 1. The van der Waals surface area contributed by atoms with Gasteiger partial charge in [0.1, 0.15) is 6.54 Å². The second-order valence-corrected chi connectivity index (χ2v) is 10.7. The molecule has 0 saturated carbocycles. The van der Waals surface area contributed by atoms with Crippen LogP contribution in [0.3, 0.4) is 0 Å². The van der Waals surface area contributed by atoms with Crippen LogP contribution in [0.25, 0.3) is 5.69 Å². The van der Waals surface area contributed by atoms with E-state index in [1.165, 1.54) is 11.1 Å². The molecule has 180 valence electrons. The average Bonchev–Trinajstić information content (AvgIpc) is 3.00. The summed E-state index contributed by atoms with van der Waals surface area (Å²) in [4.78, 5) is 12.6. The number of aromatic nitrogens is 1. The molecule has 2 aromatic carbocycles. The predicted octanol–water partition coefficient (Wildman–Crippen LogP) is 4.24. The number of aryl methyl sites for hydroxylation is 5. The quantitative estimate of drug-likeness (QED) is 0.405. The van der Waals surface area contributed by atoms with Gasteiger partial charge in [-0.25, -0.2) is 13.8 Å². The number of sulfonamides is 1. The fourth-order valence-corrected chi connectivity index (χ4v) is 5.22. The van der Waals surface area contributed by atoms with Crippen molar-refractivity contribution in [2.24, 2.45) is 5.10 Å². The molecule has 0 radical (unpaired) electrons. The second-order valence-electron chi connectivity index (χ2n) is 8.76. The monoisotopic (exact) mass is 480 g/mol. The summed E-state index contributed by atoms with van der Waals surface area (Å²) >= 11 is 0. The van der Waals surface area contributed by atoms with Gasteiger partial charge in [-0.1, -0.05) is 35.9 Å². The zero-order valence-corrected chi connectivity index (χ0v) is 21.6. The molecule has 1 heterocycles. The number of nitrogens with one attached hydrogen (secondary N) is 1. The van der Waals surface area contributed by atoms with Crippen molar-refractivity contribution in [2.75, 3.05) is 17.1 Å². The molecule has 0 aliphatic carbocycles. The van der Waals surface area contributed by atoms with Gasteiger partial charge in [0.2, 0.25) is 10.0 Å². The molecule has 0 aliphatic heterocycles. The minimum absolute atomic E-state index is 0.358. The van der Waals surface area contributed by atoms with E-state index in [4.69, 9.17) is 0 Å². The molecule has 0 atom stereocenters. The number of anilines is 1. The third-order valence-electron chi connectivity index (χ3n) is 5.83. The topological polar surface area (TPSA) is 83.8 Å². The molecule has 0 saturated heterocycles. The van der Waals surface area contributed by atoms with Gasteiger partial charge in [0.05, 0.1) is 18.2 Å². The van der Waals surface area contributed by atoms with E-state index < -0.39 is 15.9 Å². The standard InChI is InChI=1S/C26H32N4O3S/c1-17-11-12-24(20(4)13-17)30-21(5)14-23(22(30)6)15-27-28-25(31)16-29(34(7,32)33)26-18(2)9-8-10-19(26)3/h8-15H,16H2,1-7H3,(H,28,31)/b27-15-. The molecule has 0 fully saturated rings. The molecule has 1 amide bonds. The highest BCUT2D eigenvalue weighted by Gasteiger charge is 2.23. The van der Waals surface area contributed by atoms with Crippen LogP contribution in [-0.4, -0.2) is 37.9 Å². The fraction of sp³-hybridized carbons (Fsp3) is 0.308. The first-order valence-corrected chi connectivity index (χ1v) is 12.9. The van der Waals surface area contributed by atoms with Gasteiger partial charge >= 0.3 is 0 Å². The summed E-state index contributed by atoms with van der Waals surface area (Å²) in [6.45, 7) is 11.5. The summed E-state index contributed by atoms with van der Waals surface area (Å²) in [6.07, 6.45) is 2.68. The Morgan fingerprint density at radius 1 is 1.00 bits per heavy atom. The van der Waals surface area contributed by atoms with Gasteiger partial charge in [-0.05, 0) is 70.4 Å². The summed E-state index contributed by atoms with van der Waals surface area (Å²) < 4.78 is 28.2. The summed E-state index contributed by atoms with van der Waals surface area (Å²) in [6, 6.07) is 13.8. The van der Waals surface area contributed by atoms with Gasteiger partial charge in [0.25, 0.3) is 5.91 Å². The highest BCUT2D eigenvalue weighted by Crippen LogP contribution is 2.26. The van der Waals surface area contributed by atoms with E-state index in [2.05, 4.69) is 47.1 Å². The lowest BCUT2D eigenvalue weighted by atomic mass is 10.1. The lowest BCUT2D eigenvalue weighted by Crippen LogP contribution is -2.39. The smallest absolute Gasteiger partial charge is 0.260 e. The largest absolute Gasteiger partial charge is 0.318 e. The van der Waals surface area contributed by atoms with Crippen molar-refractivity contribution in [3.63, 3.8) is 0 Å². The number of hydrogen-bond donors (Lipinski definition) is 1. The van der Waals surface area contributed by atoms with E-state index in [0.717, 1.165) is 44.3 Å². The van der Waals surface area contributed by atoms with Gasteiger partial charge in [0, 0.05) is 22.6 Å². The fourth-order valence-electron chi connectivity index (χ4n) is 4.25. The third-order valence-corrected chi connectivity index (χ3v) is 6.95. The zero-order chi connectivity index (χ0) is 25.2. The van der Waals surface area contributed by atoms with E-state index in [-0.39, 0.29) is 6.54 Å². The molecule has 0 aliphatic rings. The van der Waals surface area contributed by atoms with Crippen molar-refractivity contribution in [2.45, 2.75) is 41.5 Å². The normalized spacial score (nSPS) is 11.7. The van der Waals surface area contributed by atoms with E-state index in [9.17, 15) is 13.2 Å². The molecule has 0 spiro atoms. The Hall–Kier alpha value is -3.39. The molecule has 1 aromatic heterocycles. The molecule has 34 heavy (non-hydrogen) atoms. The van der Waals surface area contributed by atoms with Crippen molar-refractivity contribution >= 4 is 27.8 Å². The number of benzene rings is 2. The van der Waals surface area contributed by atoms with Crippen LogP contribution in [-0.2, 0) is 14.8 Å². The van der Waals surface area contributed by atoms with Crippen LogP contribution in [0.15, 0.2) is 47.6 Å². The Bertz CT molecular complexity index is 1350. The van der Waals surface area contributed by atoms with Gasteiger partial charge < -0.3 is 4.57 Å². The molecule has 3 rings (SSSR count). The molecule has 0 bridgehead atoms. The number of carbonyl (C=O) groups excluding carboxylic acids is 1. The second kappa shape index (κ2) is 9.85. The first kappa shape index (κ1) is 25.2. The SMILES string of the molecule is Cc1ccc(-n2c(C)cc(/C=N\NC(=O)CN(c3c(C)cccc3C)S(C)(=O)=O)c2C)c(C)c1. The van der Waals surface area contributed by atoms with Crippen LogP contribution in [0.5, 0.6) is 0 Å². The number of amides is 1. The number of para-hydroxylation sites is 1. The van der Waals surface area contributed by atoms with Crippen LogP contribution >= 0.6 is 0 Å². The van der Waals surface area contributed by atoms with Gasteiger partial charge in [-0.2, -0.15) is 5.10 Å². The predicted molar refractivity (Wildman–Crippen MR) is 139 cm³/mol. The molecule has 0 unspecified atom stereocenters. The molecule has 3 aromatic rings. The number of nitrogens with zero attached hydrogens (tertiary/aromatic N) is 3. The number of hydrazone groups is 1. The van der Waals surface area contributed by atoms with E-state index >= 15 is 0 Å². The van der Waals surface area contributed by atoms with E-state index in [1.54, 1.807) is 6.21 Å². The third kappa shape index (κ3) is 5.39. The summed E-state index contributed by atoms with van der Waals surface area (Å²) in [5.41, 5.74) is 10.9. The van der Waals surface area contributed by atoms with Crippen LogP contribution in [0, 0.1) is 41.5 Å². The maximum Gasteiger partial charge on any atom is 0.260 e. The Morgan fingerprint density at radius 2 is 1.65 bits per heavy atom. The van der Waals surface area contributed by atoms with Gasteiger partial charge in [-0.3, -0.25) is 9.10 Å². The van der Waals surface area contributed by atoms with Crippen LogP contribution in [0.2, 0.25) is 0 Å². The van der Waals surface area contributed by atoms with Crippen LogP contribution < -0.4 is 9.73 Å². The van der Waals surface area contributed by atoms with E-state index in [0.29, 0.717) is 5.69 Å². The van der Waals surface area contributed by atoms with Crippen molar-refractivity contribution in [1.82, 2.24) is 9.99 Å². The summed E-state index contributed by atoms with van der Waals surface area (Å²) in [5.74, 6) is -0.521. The Morgan fingerprint density at radius 3 is 2.24 bits per heavy atom. The number of rotatable bonds is 7. The van der Waals surface area contributed by atoms with E-state index in [1.807, 2.05) is 52.0 Å². The molecular weight excluding hydrogens is 448 g/mol. The molecule has 1 N–H and O–H groups in total. The molecule has 7 nitrogen and oxygen atoms in total. The van der Waals surface area contributed by atoms with Crippen LogP contribution in [0.4, 0.5) is 5.69 Å². The Balaban J connectivity index is 1.80. The zero-order valence-electron chi connectivity index (χ0n) is 20.8. The maximum absolute atomic E-state index is 12.6. The molecule has 8 heteroatoms. The lowest BCUT2D eigenvalue weighted by Gasteiger charge is -2.25. The highest BCUT2D eigenvalue weighted by molar-refractivity contribution is 7.92. The first-order chi connectivity index (χ1) is 15.9. The first-order valence-electron chi connectivity index (χ1n) is 11.0. The Kier molecular flexibility index (Phi) is 7.31. The summed E-state index contributed by atoms with van der Waals surface area (Å²) in [5, 5.41) is 4.10. The highest BCUT2D eigenvalue weighted by atomic mass is 32.2. The van der Waals surface area contributed by atoms with Crippen molar-refractivity contribution in [3.05, 3.63) is 81.7 Å². The minimum atomic E-state index is -3.66. The van der Waals surface area contributed by atoms with Crippen molar-refractivity contribution in [1.29, 1.82) is 0 Å². The lowest BCUT2D eigenvalue weighted by molar-refractivity contribution is -0.119. The van der Waals surface area contributed by atoms with Gasteiger partial charge in [0.15, 0.2) is 0 Å². The van der Waals surface area contributed by atoms with Crippen molar-refractivity contribution < 1.29 is 13.2 Å². The maximum atomic E-state index is 12.6. The van der Waals surface area contributed by atoms with Gasteiger partial charge in [-0.15, -0.1) is 0 Å². The summed E-state index contributed by atoms with van der Waals surface area (Å²) in [7, 11) is -3.66. The molecular formula is C26H32N4O3S. The minimum Gasteiger partial charge on any atom is -0.318 e. The van der Waals surface area contributed by atoms with Crippen molar-refractivity contribution in [3.8, 4) is 5.69 Å².